The molecule has 1 unspecified atom stereocenters. The maximum atomic E-state index is 12.2. The van der Waals surface area contributed by atoms with Gasteiger partial charge in [-0.3, -0.25) is 9.59 Å². The molecule has 4 nitrogen and oxygen atoms in total. The van der Waals surface area contributed by atoms with E-state index in [1.165, 1.54) is 11.3 Å². The molecule has 0 aliphatic heterocycles. The summed E-state index contributed by atoms with van der Waals surface area (Å²) in [6.07, 6.45) is 0. The summed E-state index contributed by atoms with van der Waals surface area (Å²) >= 11 is 7.20. The monoisotopic (exact) mass is 318 g/mol. The van der Waals surface area contributed by atoms with Crippen LogP contribution in [-0.4, -0.2) is 11.7 Å². The molecule has 2 aromatic rings. The minimum Gasteiger partial charge on any atom is -0.323 e. The number of Topliss-reactive ketones (excluding diaryl/α,β-unsaturated/α-hetero) is 1. The second-order valence-electron chi connectivity index (χ2n) is 4.31. The van der Waals surface area contributed by atoms with Crippen molar-refractivity contribution in [2.45, 2.75) is 6.92 Å². The normalized spacial score (nSPS) is 11.5. The highest BCUT2D eigenvalue weighted by Crippen LogP contribution is 2.23. The summed E-state index contributed by atoms with van der Waals surface area (Å²) in [6, 6.07) is 11.8. The van der Waals surface area contributed by atoms with Gasteiger partial charge in [-0.05, 0) is 31.2 Å². The quantitative estimate of drug-likeness (QED) is 0.690. The maximum Gasteiger partial charge on any atom is 0.249 e. The number of amides is 1. The average Bonchev–Trinajstić information content (AvgIpc) is 2.89. The number of thiophene rings is 1. The molecule has 0 aliphatic rings. The summed E-state index contributed by atoms with van der Waals surface area (Å²) < 4.78 is 0. The lowest BCUT2D eigenvalue weighted by Crippen LogP contribution is -2.28. The molecule has 1 aromatic heterocycles. The number of benzene rings is 1. The molecule has 0 radical (unpaired) electrons. The molecule has 1 heterocycles. The lowest BCUT2D eigenvalue weighted by Gasteiger charge is -2.09. The Hall–Kier alpha value is -2.16. The Morgan fingerprint density at radius 1 is 1.29 bits per heavy atom. The number of nitrogens with zero attached hydrogens (tertiary/aromatic N) is 1. The van der Waals surface area contributed by atoms with E-state index in [4.69, 9.17) is 16.9 Å². The van der Waals surface area contributed by atoms with Crippen LogP contribution in [0.3, 0.4) is 0 Å². The standard InChI is InChI=1S/C15H11ClN2O2S/c1-9-6-7-13(21-9)14(19)10(8-17)15(20)18-12-5-3-2-4-11(12)16/h2-7,10H,1H3,(H,18,20). The van der Waals surface area contributed by atoms with E-state index < -0.39 is 17.6 Å². The van der Waals surface area contributed by atoms with E-state index in [9.17, 15) is 9.59 Å². The van der Waals surface area contributed by atoms with Gasteiger partial charge in [0.05, 0.1) is 21.7 Å². The molecule has 0 fully saturated rings. The minimum atomic E-state index is -1.39. The van der Waals surface area contributed by atoms with Gasteiger partial charge in [0.2, 0.25) is 5.91 Å². The van der Waals surface area contributed by atoms with Crippen molar-refractivity contribution in [1.29, 1.82) is 5.26 Å². The number of aryl methyl sites for hydroxylation is 1. The third-order valence-electron chi connectivity index (χ3n) is 2.77. The highest BCUT2D eigenvalue weighted by atomic mass is 35.5. The number of para-hydroxylation sites is 1. The first-order chi connectivity index (χ1) is 10.0. The average molecular weight is 319 g/mol. The van der Waals surface area contributed by atoms with Gasteiger partial charge < -0.3 is 5.32 Å². The van der Waals surface area contributed by atoms with Crippen LogP contribution in [0.15, 0.2) is 36.4 Å². The minimum absolute atomic E-state index is 0.349. The zero-order chi connectivity index (χ0) is 15.4. The van der Waals surface area contributed by atoms with Crippen molar-refractivity contribution in [3.63, 3.8) is 0 Å². The fraction of sp³-hybridized carbons (Fsp3) is 0.133. The molecule has 2 rings (SSSR count). The smallest absolute Gasteiger partial charge is 0.249 e. The van der Waals surface area contributed by atoms with Crippen LogP contribution in [0.1, 0.15) is 14.5 Å². The van der Waals surface area contributed by atoms with Gasteiger partial charge in [0.15, 0.2) is 11.7 Å². The van der Waals surface area contributed by atoms with Crippen LogP contribution in [0, 0.1) is 24.2 Å². The molecular formula is C15H11ClN2O2S. The predicted octanol–water partition coefficient (Wildman–Crippen LogP) is 3.67. The van der Waals surface area contributed by atoms with Crippen molar-refractivity contribution in [3.05, 3.63) is 51.2 Å². The molecule has 1 aromatic carbocycles. The van der Waals surface area contributed by atoms with Gasteiger partial charge in [-0.15, -0.1) is 11.3 Å². The van der Waals surface area contributed by atoms with Crippen molar-refractivity contribution in [2.75, 3.05) is 5.32 Å². The van der Waals surface area contributed by atoms with Crippen LogP contribution in [0.2, 0.25) is 5.02 Å². The molecule has 1 N–H and O–H groups in total. The number of hydrogen-bond donors (Lipinski definition) is 1. The Bertz CT molecular complexity index is 733. The molecule has 1 amide bonds. The van der Waals surface area contributed by atoms with Gasteiger partial charge in [0.1, 0.15) is 0 Å². The molecule has 0 saturated carbocycles. The Morgan fingerprint density at radius 3 is 2.57 bits per heavy atom. The van der Waals surface area contributed by atoms with Crippen LogP contribution < -0.4 is 5.32 Å². The number of hydrogen-bond acceptors (Lipinski definition) is 4. The van der Waals surface area contributed by atoms with E-state index in [1.807, 2.05) is 6.92 Å². The topological polar surface area (TPSA) is 70.0 Å². The molecule has 106 valence electrons. The van der Waals surface area contributed by atoms with Gasteiger partial charge in [0, 0.05) is 4.88 Å². The second kappa shape index (κ2) is 6.53. The number of ketones is 1. The van der Waals surface area contributed by atoms with Gasteiger partial charge in [-0.25, -0.2) is 0 Å². The van der Waals surface area contributed by atoms with Crippen molar-refractivity contribution in [2.24, 2.45) is 5.92 Å². The SMILES string of the molecule is Cc1ccc(C(=O)C(C#N)C(=O)Nc2ccccc2Cl)s1. The molecule has 0 bridgehead atoms. The van der Waals surface area contributed by atoms with Gasteiger partial charge in [0.25, 0.3) is 0 Å². The van der Waals surface area contributed by atoms with Gasteiger partial charge >= 0.3 is 0 Å². The van der Waals surface area contributed by atoms with Crippen molar-refractivity contribution >= 4 is 40.3 Å². The Labute approximate surface area is 131 Å². The zero-order valence-electron chi connectivity index (χ0n) is 11.1. The third-order valence-corrected chi connectivity index (χ3v) is 4.11. The molecular weight excluding hydrogens is 308 g/mol. The lowest BCUT2D eigenvalue weighted by atomic mass is 10.0. The molecule has 0 saturated heterocycles. The Balaban J connectivity index is 2.18. The van der Waals surface area contributed by atoms with Crippen LogP contribution in [0.5, 0.6) is 0 Å². The number of carbonyl (C=O) groups excluding carboxylic acids is 2. The Morgan fingerprint density at radius 2 is 2.00 bits per heavy atom. The molecule has 6 heteroatoms. The molecule has 1 atom stereocenters. The van der Waals surface area contributed by atoms with Crippen molar-refractivity contribution in [1.82, 2.24) is 0 Å². The van der Waals surface area contributed by atoms with Crippen LogP contribution in [-0.2, 0) is 4.79 Å². The van der Waals surface area contributed by atoms with Gasteiger partial charge in [-0.2, -0.15) is 5.26 Å². The fourth-order valence-electron chi connectivity index (χ4n) is 1.71. The number of carbonyl (C=O) groups is 2. The summed E-state index contributed by atoms with van der Waals surface area (Å²) in [7, 11) is 0. The number of nitrogens with one attached hydrogen (secondary N) is 1. The van der Waals surface area contributed by atoms with E-state index in [0.717, 1.165) is 4.88 Å². The number of rotatable bonds is 4. The summed E-state index contributed by atoms with van der Waals surface area (Å²) in [5, 5.41) is 12.0. The largest absolute Gasteiger partial charge is 0.323 e. The maximum absolute atomic E-state index is 12.2. The van der Waals surface area contributed by atoms with Crippen LogP contribution >= 0.6 is 22.9 Å². The van der Waals surface area contributed by atoms with E-state index in [2.05, 4.69) is 5.32 Å². The molecule has 0 spiro atoms. The van der Waals surface area contributed by atoms with Gasteiger partial charge in [-0.1, -0.05) is 23.7 Å². The van der Waals surface area contributed by atoms with Crippen LogP contribution in [0.25, 0.3) is 0 Å². The van der Waals surface area contributed by atoms with E-state index in [0.29, 0.717) is 15.6 Å². The fourth-order valence-corrected chi connectivity index (χ4v) is 2.73. The van der Waals surface area contributed by atoms with E-state index in [-0.39, 0.29) is 0 Å². The molecule has 21 heavy (non-hydrogen) atoms. The summed E-state index contributed by atoms with van der Waals surface area (Å²) in [5.41, 5.74) is 0.375. The third kappa shape index (κ3) is 3.48. The first-order valence-electron chi connectivity index (χ1n) is 6.08. The number of nitriles is 1. The number of halogens is 1. The summed E-state index contributed by atoms with van der Waals surface area (Å²) in [5.74, 6) is -2.57. The van der Waals surface area contributed by atoms with E-state index in [1.54, 1.807) is 42.5 Å². The predicted molar refractivity (Wildman–Crippen MR) is 82.6 cm³/mol. The lowest BCUT2D eigenvalue weighted by molar-refractivity contribution is -0.117. The summed E-state index contributed by atoms with van der Waals surface area (Å²) in [4.78, 5) is 25.7. The first kappa shape index (κ1) is 15.2. The van der Waals surface area contributed by atoms with Crippen LogP contribution in [0.4, 0.5) is 5.69 Å². The van der Waals surface area contributed by atoms with Crippen molar-refractivity contribution < 1.29 is 9.59 Å². The Kier molecular flexibility index (Phi) is 4.73. The zero-order valence-corrected chi connectivity index (χ0v) is 12.7. The van der Waals surface area contributed by atoms with E-state index >= 15 is 0 Å². The molecule has 0 aliphatic carbocycles. The highest BCUT2D eigenvalue weighted by molar-refractivity contribution is 7.14. The highest BCUT2D eigenvalue weighted by Gasteiger charge is 2.28. The summed E-state index contributed by atoms with van der Waals surface area (Å²) in [6.45, 7) is 1.85. The van der Waals surface area contributed by atoms with Crippen molar-refractivity contribution in [3.8, 4) is 6.07 Å². The number of anilines is 1. The first-order valence-corrected chi connectivity index (χ1v) is 7.28. The second-order valence-corrected chi connectivity index (χ2v) is 6.00.